The van der Waals surface area contributed by atoms with Crippen LogP contribution in [0, 0.1) is 17.8 Å². The lowest BCUT2D eigenvalue weighted by Crippen LogP contribution is -2.35. The molecule has 1 saturated carbocycles. The summed E-state index contributed by atoms with van der Waals surface area (Å²) in [6.07, 6.45) is 6.95. The number of carbonyl (C=O) groups excluding carboxylic acids is 1. The van der Waals surface area contributed by atoms with Crippen LogP contribution >= 0.6 is 8.03 Å². The van der Waals surface area contributed by atoms with Gasteiger partial charge in [-0.2, -0.15) is 0 Å². The van der Waals surface area contributed by atoms with Crippen molar-refractivity contribution in [1.82, 2.24) is 0 Å². The number of esters is 1. The predicted octanol–water partition coefficient (Wildman–Crippen LogP) is 3.22. The molecule has 5 nitrogen and oxygen atoms in total. The van der Waals surface area contributed by atoms with Crippen LogP contribution in [-0.2, 0) is 18.6 Å². The highest BCUT2D eigenvalue weighted by atomic mass is 31.1. The van der Waals surface area contributed by atoms with Crippen LogP contribution in [0.15, 0.2) is 0 Å². The first kappa shape index (κ1) is 19.7. The molecule has 6 heteroatoms. The average molecular weight is 333 g/mol. The second kappa shape index (κ2) is 10.4. The molecule has 0 aromatic carbocycles. The van der Waals surface area contributed by atoms with Gasteiger partial charge in [-0.25, -0.2) is 0 Å². The Labute approximate surface area is 135 Å². The summed E-state index contributed by atoms with van der Waals surface area (Å²) in [5.74, 6) is 0.188. The predicted molar refractivity (Wildman–Crippen MR) is 89.3 cm³/mol. The van der Waals surface area contributed by atoms with E-state index in [1.807, 2.05) is 13.8 Å². The summed E-state index contributed by atoms with van der Waals surface area (Å²) in [7, 11) is -0.884. The molecule has 0 aliphatic heterocycles. The summed E-state index contributed by atoms with van der Waals surface area (Å²) >= 11 is 0. The van der Waals surface area contributed by atoms with Gasteiger partial charge in [0.05, 0.1) is 19.6 Å². The van der Waals surface area contributed by atoms with Gasteiger partial charge in [0.25, 0.3) is 0 Å². The maximum atomic E-state index is 12.1. The first-order valence-electron chi connectivity index (χ1n) is 8.43. The van der Waals surface area contributed by atoms with Crippen molar-refractivity contribution in [2.45, 2.75) is 58.4 Å². The molecule has 22 heavy (non-hydrogen) atoms. The second-order valence-electron chi connectivity index (χ2n) is 6.80. The Morgan fingerprint density at radius 2 is 1.91 bits per heavy atom. The monoisotopic (exact) mass is 333 g/mol. The Kier molecular flexibility index (Phi) is 9.30. The van der Waals surface area contributed by atoms with Crippen LogP contribution in [0.5, 0.6) is 0 Å². The number of hydrogen-bond acceptors (Lipinski definition) is 5. The fourth-order valence-electron chi connectivity index (χ4n) is 3.15. The summed E-state index contributed by atoms with van der Waals surface area (Å²) in [5, 5.41) is 0. The smallest absolute Gasteiger partial charge is 0.309 e. The van der Waals surface area contributed by atoms with E-state index in [2.05, 4.69) is 0 Å². The SMILES string of the molecule is COC(=O)C(CC(C)C)C[PH](=O)OCC(N)C1CCCCC1. The lowest BCUT2D eigenvalue weighted by atomic mass is 9.85. The quantitative estimate of drug-likeness (QED) is 0.518. The highest BCUT2D eigenvalue weighted by Crippen LogP contribution is 2.31. The third-order valence-corrected chi connectivity index (χ3v) is 5.71. The van der Waals surface area contributed by atoms with E-state index in [9.17, 15) is 9.36 Å². The lowest BCUT2D eigenvalue weighted by Gasteiger charge is -2.27. The maximum absolute atomic E-state index is 12.1. The molecule has 0 radical (unpaired) electrons. The van der Waals surface area contributed by atoms with Crippen molar-refractivity contribution in [3.05, 3.63) is 0 Å². The molecule has 3 unspecified atom stereocenters. The lowest BCUT2D eigenvalue weighted by molar-refractivity contribution is -0.145. The summed E-state index contributed by atoms with van der Waals surface area (Å²) in [4.78, 5) is 11.7. The molecule has 130 valence electrons. The van der Waals surface area contributed by atoms with Crippen molar-refractivity contribution in [3.8, 4) is 0 Å². The van der Waals surface area contributed by atoms with Crippen LogP contribution in [0.2, 0.25) is 0 Å². The first-order chi connectivity index (χ1) is 10.4. The van der Waals surface area contributed by atoms with Gasteiger partial charge in [0.1, 0.15) is 0 Å². The van der Waals surface area contributed by atoms with Crippen LogP contribution in [-0.4, -0.2) is 31.9 Å². The zero-order valence-corrected chi connectivity index (χ0v) is 15.2. The Bertz CT molecular complexity index is 356. The summed E-state index contributed by atoms with van der Waals surface area (Å²) in [6.45, 7) is 4.40. The largest absolute Gasteiger partial charge is 0.469 e. The van der Waals surface area contributed by atoms with Crippen molar-refractivity contribution >= 4 is 14.0 Å². The van der Waals surface area contributed by atoms with Gasteiger partial charge in [-0.05, 0) is 31.1 Å². The molecule has 0 aromatic rings. The Balaban J connectivity index is 2.37. The van der Waals surface area contributed by atoms with Crippen molar-refractivity contribution < 1.29 is 18.6 Å². The topological polar surface area (TPSA) is 78.6 Å². The van der Waals surface area contributed by atoms with E-state index in [1.54, 1.807) is 0 Å². The van der Waals surface area contributed by atoms with E-state index < -0.39 is 8.03 Å². The molecular formula is C16H32NO4P. The number of ether oxygens (including phenoxy) is 1. The standard InChI is InChI=1S/C16H32NO4P/c1-12(2)9-14(16(18)20-3)11-22(19)21-10-15(17)13-7-5-4-6-8-13/h12-15,22H,4-11,17H2,1-3H3. The third kappa shape index (κ3) is 7.26. The molecule has 0 amide bonds. The summed E-state index contributed by atoms with van der Waals surface area (Å²) in [6, 6.07) is -0.0454. The second-order valence-corrected chi connectivity index (χ2v) is 8.24. The number of methoxy groups -OCH3 is 1. The zero-order valence-electron chi connectivity index (χ0n) is 14.2. The van der Waals surface area contributed by atoms with Crippen LogP contribution in [0.25, 0.3) is 0 Å². The summed E-state index contributed by atoms with van der Waals surface area (Å²) in [5.41, 5.74) is 6.16. The average Bonchev–Trinajstić information content (AvgIpc) is 2.51. The fourth-order valence-corrected chi connectivity index (χ4v) is 4.38. The molecule has 1 aliphatic rings. The van der Waals surface area contributed by atoms with E-state index in [0.717, 1.165) is 12.8 Å². The number of hydrogen-bond donors (Lipinski definition) is 1. The van der Waals surface area contributed by atoms with E-state index in [0.29, 0.717) is 24.9 Å². The molecule has 0 saturated heterocycles. The molecule has 1 aliphatic carbocycles. The van der Waals surface area contributed by atoms with Gasteiger partial charge in [0.15, 0.2) is 8.03 Å². The Morgan fingerprint density at radius 1 is 1.27 bits per heavy atom. The van der Waals surface area contributed by atoms with E-state index in [-0.39, 0.29) is 24.1 Å². The van der Waals surface area contributed by atoms with Gasteiger partial charge >= 0.3 is 5.97 Å². The summed E-state index contributed by atoms with van der Waals surface area (Å²) < 4.78 is 22.4. The molecular weight excluding hydrogens is 301 g/mol. The Morgan fingerprint density at radius 3 is 2.45 bits per heavy atom. The minimum absolute atomic E-state index is 0.0454. The third-order valence-electron chi connectivity index (χ3n) is 4.40. The number of nitrogens with two attached hydrogens (primary N) is 1. The van der Waals surface area contributed by atoms with Crippen LogP contribution < -0.4 is 5.73 Å². The fraction of sp³-hybridized carbons (Fsp3) is 0.938. The van der Waals surface area contributed by atoms with Crippen LogP contribution in [0.1, 0.15) is 52.4 Å². The molecule has 0 spiro atoms. The van der Waals surface area contributed by atoms with Crippen molar-refractivity contribution in [1.29, 1.82) is 0 Å². The van der Waals surface area contributed by atoms with Crippen molar-refractivity contribution in [2.75, 3.05) is 19.9 Å². The van der Waals surface area contributed by atoms with E-state index in [4.69, 9.17) is 15.0 Å². The molecule has 0 heterocycles. The van der Waals surface area contributed by atoms with Gasteiger partial charge in [-0.15, -0.1) is 0 Å². The normalized spacial score (nSPS) is 20.6. The highest BCUT2D eigenvalue weighted by molar-refractivity contribution is 7.39. The Hall–Kier alpha value is -0.380. The van der Waals surface area contributed by atoms with Crippen molar-refractivity contribution in [2.24, 2.45) is 23.5 Å². The molecule has 0 bridgehead atoms. The van der Waals surface area contributed by atoms with Gasteiger partial charge in [0.2, 0.25) is 0 Å². The van der Waals surface area contributed by atoms with Gasteiger partial charge in [0, 0.05) is 12.2 Å². The van der Waals surface area contributed by atoms with Gasteiger partial charge in [-0.1, -0.05) is 33.1 Å². The minimum atomic E-state index is -2.25. The molecule has 2 N–H and O–H groups in total. The van der Waals surface area contributed by atoms with E-state index in [1.165, 1.54) is 26.4 Å². The maximum Gasteiger partial charge on any atom is 0.309 e. The van der Waals surface area contributed by atoms with Gasteiger partial charge in [-0.3, -0.25) is 9.36 Å². The molecule has 1 fully saturated rings. The molecule has 3 atom stereocenters. The number of carbonyl (C=O) groups is 1. The molecule has 1 rings (SSSR count). The highest BCUT2D eigenvalue weighted by Gasteiger charge is 2.25. The molecule has 0 aromatic heterocycles. The number of rotatable bonds is 9. The van der Waals surface area contributed by atoms with Crippen molar-refractivity contribution in [3.63, 3.8) is 0 Å². The van der Waals surface area contributed by atoms with Crippen LogP contribution in [0.3, 0.4) is 0 Å². The minimum Gasteiger partial charge on any atom is -0.469 e. The van der Waals surface area contributed by atoms with Crippen LogP contribution in [0.4, 0.5) is 0 Å². The van der Waals surface area contributed by atoms with E-state index >= 15 is 0 Å². The van der Waals surface area contributed by atoms with Gasteiger partial charge < -0.3 is 15.0 Å². The zero-order chi connectivity index (χ0) is 16.5. The first-order valence-corrected chi connectivity index (χ1v) is 9.95.